The zero-order valence-electron chi connectivity index (χ0n) is 19.6. The Kier molecular flexibility index (Phi) is 7.00. The number of ether oxygens (including phenoxy) is 2. The van der Waals surface area contributed by atoms with Crippen molar-refractivity contribution in [3.63, 3.8) is 0 Å². The highest BCUT2D eigenvalue weighted by molar-refractivity contribution is 5.82. The number of rotatable bonds is 7. The van der Waals surface area contributed by atoms with Crippen molar-refractivity contribution >= 4 is 11.8 Å². The molecule has 1 saturated heterocycles. The van der Waals surface area contributed by atoms with Crippen LogP contribution in [0.2, 0.25) is 0 Å². The summed E-state index contributed by atoms with van der Waals surface area (Å²) in [5, 5.41) is 3.17. The lowest BCUT2D eigenvalue weighted by Gasteiger charge is -2.40. The lowest BCUT2D eigenvalue weighted by Crippen LogP contribution is -2.58. The molecule has 34 heavy (non-hydrogen) atoms. The van der Waals surface area contributed by atoms with Crippen LogP contribution in [-0.2, 0) is 22.6 Å². The molecule has 2 amide bonds. The van der Waals surface area contributed by atoms with Crippen LogP contribution < -0.4 is 14.8 Å². The lowest BCUT2D eigenvalue weighted by molar-refractivity contribution is -0.134. The molecule has 1 aliphatic carbocycles. The molecule has 2 aliphatic heterocycles. The number of benzene rings is 2. The lowest BCUT2D eigenvalue weighted by atomic mass is 9.94. The zero-order chi connectivity index (χ0) is 23.3. The van der Waals surface area contributed by atoms with E-state index in [0.717, 1.165) is 48.6 Å². The average molecular weight is 464 g/mol. The second-order valence-corrected chi connectivity index (χ2v) is 9.47. The number of piperazine rings is 1. The first-order valence-corrected chi connectivity index (χ1v) is 12.4. The summed E-state index contributed by atoms with van der Waals surface area (Å²) in [6, 6.07) is 15.5. The van der Waals surface area contributed by atoms with E-state index in [1.807, 2.05) is 53.4 Å². The third kappa shape index (κ3) is 5.20. The van der Waals surface area contributed by atoms with Gasteiger partial charge in [-0.15, -0.1) is 0 Å². The standard InChI is InChI=1S/C27H33N3O4/c31-25(17-20-6-2-1-3-7-20)29-12-14-30(15-13-29)26(22-8-4-5-9-22)27(32)28-18-21-10-11-23-24(16-21)34-19-33-23/h1-3,6-7,10-11,16,22,26H,4-5,8-9,12-15,17-19H2,(H,28,32). The Morgan fingerprint density at radius 3 is 2.41 bits per heavy atom. The molecular formula is C27H33N3O4. The van der Waals surface area contributed by atoms with Gasteiger partial charge in [0.1, 0.15) is 0 Å². The molecule has 0 bridgehead atoms. The van der Waals surface area contributed by atoms with E-state index < -0.39 is 0 Å². The fourth-order valence-electron chi connectivity index (χ4n) is 5.43. The van der Waals surface area contributed by atoms with E-state index in [1.54, 1.807) is 0 Å². The molecule has 1 atom stereocenters. The molecule has 180 valence electrons. The molecule has 1 saturated carbocycles. The molecule has 5 rings (SSSR count). The van der Waals surface area contributed by atoms with Crippen LogP contribution in [0.3, 0.4) is 0 Å². The van der Waals surface area contributed by atoms with Crippen LogP contribution in [0.15, 0.2) is 48.5 Å². The third-order valence-electron chi connectivity index (χ3n) is 7.28. The molecule has 0 aromatic heterocycles. The zero-order valence-corrected chi connectivity index (χ0v) is 19.6. The minimum Gasteiger partial charge on any atom is -0.454 e. The van der Waals surface area contributed by atoms with Gasteiger partial charge in [-0.3, -0.25) is 14.5 Å². The second kappa shape index (κ2) is 10.5. The van der Waals surface area contributed by atoms with Gasteiger partial charge < -0.3 is 19.7 Å². The van der Waals surface area contributed by atoms with E-state index in [0.29, 0.717) is 32.0 Å². The molecule has 1 unspecified atom stereocenters. The minimum absolute atomic E-state index is 0.0913. The minimum atomic E-state index is -0.136. The van der Waals surface area contributed by atoms with E-state index in [2.05, 4.69) is 10.2 Å². The Bertz CT molecular complexity index is 998. The van der Waals surface area contributed by atoms with Crippen molar-refractivity contribution in [2.45, 2.75) is 44.7 Å². The summed E-state index contributed by atoms with van der Waals surface area (Å²) in [7, 11) is 0. The van der Waals surface area contributed by atoms with Crippen LogP contribution in [0.4, 0.5) is 0 Å². The second-order valence-electron chi connectivity index (χ2n) is 9.47. The third-order valence-corrected chi connectivity index (χ3v) is 7.28. The predicted molar refractivity (Wildman–Crippen MR) is 128 cm³/mol. The number of carbonyl (C=O) groups excluding carboxylic acids is 2. The van der Waals surface area contributed by atoms with Crippen molar-refractivity contribution < 1.29 is 19.1 Å². The van der Waals surface area contributed by atoms with Gasteiger partial charge in [0.2, 0.25) is 18.6 Å². The van der Waals surface area contributed by atoms with Gasteiger partial charge in [0.05, 0.1) is 12.5 Å². The Hall–Kier alpha value is -3.06. The monoisotopic (exact) mass is 463 g/mol. The number of carbonyl (C=O) groups is 2. The molecule has 1 N–H and O–H groups in total. The van der Waals surface area contributed by atoms with E-state index >= 15 is 0 Å². The van der Waals surface area contributed by atoms with Crippen molar-refractivity contribution in [3.8, 4) is 11.5 Å². The van der Waals surface area contributed by atoms with Crippen LogP contribution in [0.5, 0.6) is 11.5 Å². The van der Waals surface area contributed by atoms with E-state index in [4.69, 9.17) is 9.47 Å². The van der Waals surface area contributed by atoms with Gasteiger partial charge in [0, 0.05) is 32.7 Å². The fraction of sp³-hybridized carbons (Fsp3) is 0.481. The van der Waals surface area contributed by atoms with Crippen LogP contribution >= 0.6 is 0 Å². The summed E-state index contributed by atoms with van der Waals surface area (Å²) in [6.45, 7) is 3.52. The maximum Gasteiger partial charge on any atom is 0.237 e. The number of nitrogens with zero attached hydrogens (tertiary/aromatic N) is 2. The van der Waals surface area contributed by atoms with Crippen LogP contribution in [0, 0.1) is 5.92 Å². The van der Waals surface area contributed by atoms with Crippen molar-refractivity contribution in [1.29, 1.82) is 0 Å². The van der Waals surface area contributed by atoms with Crippen molar-refractivity contribution in [2.24, 2.45) is 5.92 Å². The SMILES string of the molecule is O=C(NCc1ccc2c(c1)OCO2)C(C1CCCC1)N1CCN(C(=O)Cc2ccccc2)CC1. The quantitative estimate of drug-likeness (QED) is 0.684. The van der Waals surface area contributed by atoms with Crippen molar-refractivity contribution in [2.75, 3.05) is 33.0 Å². The Morgan fingerprint density at radius 1 is 0.912 bits per heavy atom. The topological polar surface area (TPSA) is 71.1 Å². The summed E-state index contributed by atoms with van der Waals surface area (Å²) in [4.78, 5) is 30.4. The Balaban J connectivity index is 1.18. The van der Waals surface area contributed by atoms with Gasteiger partial charge in [-0.25, -0.2) is 0 Å². The van der Waals surface area contributed by atoms with Crippen LogP contribution in [0.1, 0.15) is 36.8 Å². The van der Waals surface area contributed by atoms with Gasteiger partial charge in [-0.05, 0) is 42.0 Å². The van der Waals surface area contributed by atoms with Gasteiger partial charge in [-0.2, -0.15) is 0 Å². The number of fused-ring (bicyclic) bond motifs is 1. The molecule has 7 nitrogen and oxygen atoms in total. The molecular weight excluding hydrogens is 430 g/mol. The normalized spacial score (nSPS) is 19.2. The largest absolute Gasteiger partial charge is 0.454 e. The molecule has 0 radical (unpaired) electrons. The molecule has 0 spiro atoms. The Labute approximate surface area is 201 Å². The first-order valence-electron chi connectivity index (χ1n) is 12.4. The van der Waals surface area contributed by atoms with Gasteiger partial charge in [0.25, 0.3) is 0 Å². The summed E-state index contributed by atoms with van der Waals surface area (Å²) in [5.41, 5.74) is 2.04. The van der Waals surface area contributed by atoms with E-state index in [1.165, 1.54) is 12.8 Å². The molecule has 2 aromatic rings. The maximum atomic E-state index is 13.4. The summed E-state index contributed by atoms with van der Waals surface area (Å²) in [5.74, 6) is 2.11. The van der Waals surface area contributed by atoms with Crippen LogP contribution in [0.25, 0.3) is 0 Å². The Morgan fingerprint density at radius 2 is 1.65 bits per heavy atom. The maximum absolute atomic E-state index is 13.4. The highest BCUT2D eigenvalue weighted by Crippen LogP contribution is 2.33. The number of amides is 2. The smallest absolute Gasteiger partial charge is 0.237 e. The van der Waals surface area contributed by atoms with Gasteiger partial charge in [-0.1, -0.05) is 49.2 Å². The molecule has 3 aliphatic rings. The van der Waals surface area contributed by atoms with E-state index in [-0.39, 0.29) is 24.6 Å². The van der Waals surface area contributed by atoms with E-state index in [9.17, 15) is 9.59 Å². The van der Waals surface area contributed by atoms with Gasteiger partial charge in [0.15, 0.2) is 11.5 Å². The molecule has 2 fully saturated rings. The number of hydrogen-bond acceptors (Lipinski definition) is 5. The number of hydrogen-bond donors (Lipinski definition) is 1. The molecule has 2 heterocycles. The van der Waals surface area contributed by atoms with Crippen LogP contribution in [-0.4, -0.2) is 60.6 Å². The first-order chi connectivity index (χ1) is 16.7. The summed E-state index contributed by atoms with van der Waals surface area (Å²) < 4.78 is 10.8. The van der Waals surface area contributed by atoms with Crippen molar-refractivity contribution in [3.05, 3.63) is 59.7 Å². The highest BCUT2D eigenvalue weighted by atomic mass is 16.7. The predicted octanol–water partition coefficient (Wildman–Crippen LogP) is 2.98. The van der Waals surface area contributed by atoms with Crippen molar-refractivity contribution in [1.82, 2.24) is 15.1 Å². The molecule has 7 heteroatoms. The highest BCUT2D eigenvalue weighted by Gasteiger charge is 2.37. The molecule has 2 aromatic carbocycles. The summed E-state index contributed by atoms with van der Waals surface area (Å²) >= 11 is 0. The average Bonchev–Trinajstić information content (AvgIpc) is 3.56. The number of nitrogens with one attached hydrogen (secondary N) is 1. The van der Waals surface area contributed by atoms with Gasteiger partial charge >= 0.3 is 0 Å². The summed E-state index contributed by atoms with van der Waals surface area (Å²) in [6.07, 6.45) is 4.99. The first kappa shape index (κ1) is 22.7. The fourth-order valence-corrected chi connectivity index (χ4v) is 5.43.